The number of nitrogens with zero attached hydrogens (tertiary/aromatic N) is 5. The molecule has 9 heteroatoms. The number of carbonyl (C=O) groups excluding carboxylic acids is 1. The van der Waals surface area contributed by atoms with Crippen molar-refractivity contribution < 1.29 is 4.79 Å². The van der Waals surface area contributed by atoms with E-state index in [2.05, 4.69) is 46.6 Å². The van der Waals surface area contributed by atoms with Crippen LogP contribution in [0.15, 0.2) is 29.4 Å². The van der Waals surface area contributed by atoms with E-state index in [0.29, 0.717) is 11.1 Å². The standard InChI is InChI=1S/C19H25N7OS/c1-11-6-7-16(8-12(11)2)15(5)21-17(27)10-28-19-23-22-18(25(19)20)26-14(4)9-13(3)24-26/h6-9,15H,10,20H2,1-5H3,(H,21,27)/t15-/m0/s1. The van der Waals surface area contributed by atoms with Gasteiger partial charge in [-0.05, 0) is 57.4 Å². The van der Waals surface area contributed by atoms with Gasteiger partial charge in [-0.15, -0.1) is 10.2 Å². The first-order valence-electron chi connectivity index (χ1n) is 8.99. The number of thioether (sulfide) groups is 1. The maximum Gasteiger partial charge on any atom is 0.271 e. The number of rotatable bonds is 6. The maximum atomic E-state index is 12.3. The molecule has 0 aliphatic heterocycles. The molecule has 1 amide bonds. The predicted octanol–water partition coefficient (Wildman–Crippen LogP) is 2.38. The lowest BCUT2D eigenvalue weighted by Crippen LogP contribution is -2.28. The minimum absolute atomic E-state index is 0.0755. The molecule has 148 valence electrons. The summed E-state index contributed by atoms with van der Waals surface area (Å²) in [6.45, 7) is 9.93. The molecule has 0 fully saturated rings. The van der Waals surface area contributed by atoms with Crippen LogP contribution < -0.4 is 11.2 Å². The first kappa shape index (κ1) is 19.9. The third kappa shape index (κ3) is 4.19. The van der Waals surface area contributed by atoms with Crippen LogP contribution in [0, 0.1) is 27.7 Å². The van der Waals surface area contributed by atoms with Crippen molar-refractivity contribution in [1.29, 1.82) is 0 Å². The van der Waals surface area contributed by atoms with E-state index in [0.717, 1.165) is 17.0 Å². The quantitative estimate of drug-likeness (QED) is 0.487. The van der Waals surface area contributed by atoms with E-state index in [4.69, 9.17) is 5.84 Å². The first-order valence-corrected chi connectivity index (χ1v) is 9.98. The lowest BCUT2D eigenvalue weighted by atomic mass is 10.0. The van der Waals surface area contributed by atoms with Gasteiger partial charge in [-0.2, -0.15) is 5.10 Å². The van der Waals surface area contributed by atoms with Gasteiger partial charge in [0.2, 0.25) is 11.1 Å². The zero-order chi connectivity index (χ0) is 20.4. The highest BCUT2D eigenvalue weighted by Crippen LogP contribution is 2.19. The molecule has 3 aromatic rings. The van der Waals surface area contributed by atoms with Crippen LogP contribution in [0.5, 0.6) is 0 Å². The third-order valence-corrected chi connectivity index (χ3v) is 5.53. The zero-order valence-electron chi connectivity index (χ0n) is 16.7. The molecule has 3 rings (SSSR count). The van der Waals surface area contributed by atoms with Gasteiger partial charge in [-0.3, -0.25) is 4.79 Å². The number of amides is 1. The Labute approximate surface area is 168 Å². The average Bonchev–Trinajstić information content (AvgIpc) is 3.16. The van der Waals surface area contributed by atoms with Crippen LogP contribution >= 0.6 is 11.8 Å². The van der Waals surface area contributed by atoms with Crippen molar-refractivity contribution >= 4 is 17.7 Å². The van der Waals surface area contributed by atoms with Gasteiger partial charge in [-0.1, -0.05) is 30.0 Å². The monoisotopic (exact) mass is 399 g/mol. The van der Waals surface area contributed by atoms with Crippen molar-refractivity contribution in [1.82, 2.24) is 30.0 Å². The smallest absolute Gasteiger partial charge is 0.271 e. The molecular weight excluding hydrogens is 374 g/mol. The Morgan fingerprint density at radius 3 is 2.57 bits per heavy atom. The Bertz CT molecular complexity index is 1010. The molecule has 0 aliphatic carbocycles. The van der Waals surface area contributed by atoms with Gasteiger partial charge in [-0.25, -0.2) is 9.36 Å². The number of hydrogen-bond donors (Lipinski definition) is 2. The second-order valence-corrected chi connectivity index (χ2v) is 7.86. The number of nitrogens with one attached hydrogen (secondary N) is 1. The van der Waals surface area contributed by atoms with Gasteiger partial charge in [0.15, 0.2) is 0 Å². The van der Waals surface area contributed by atoms with Crippen molar-refractivity contribution in [3.05, 3.63) is 52.3 Å². The van der Waals surface area contributed by atoms with E-state index in [1.54, 1.807) is 4.68 Å². The normalized spacial score (nSPS) is 12.2. The number of nitrogen functional groups attached to an aromatic ring is 1. The van der Waals surface area contributed by atoms with Crippen LogP contribution in [0.3, 0.4) is 0 Å². The molecule has 0 aliphatic rings. The Kier molecular flexibility index (Phi) is 5.73. The van der Waals surface area contributed by atoms with Crippen molar-refractivity contribution in [3.8, 4) is 5.95 Å². The fraction of sp³-hybridized carbons (Fsp3) is 0.368. The molecule has 0 saturated carbocycles. The van der Waals surface area contributed by atoms with E-state index < -0.39 is 0 Å². The molecule has 28 heavy (non-hydrogen) atoms. The minimum atomic E-state index is -0.0913. The highest BCUT2D eigenvalue weighted by Gasteiger charge is 2.17. The second kappa shape index (κ2) is 8.05. The van der Waals surface area contributed by atoms with Crippen molar-refractivity contribution in [2.45, 2.75) is 45.8 Å². The van der Waals surface area contributed by atoms with Crippen molar-refractivity contribution in [3.63, 3.8) is 0 Å². The summed E-state index contributed by atoms with van der Waals surface area (Å²) < 4.78 is 2.98. The molecule has 0 radical (unpaired) electrons. The van der Waals surface area contributed by atoms with Gasteiger partial charge in [0.25, 0.3) is 5.95 Å². The number of aromatic nitrogens is 5. The number of hydrogen-bond acceptors (Lipinski definition) is 6. The van der Waals surface area contributed by atoms with Gasteiger partial charge >= 0.3 is 0 Å². The summed E-state index contributed by atoms with van der Waals surface area (Å²) in [7, 11) is 0. The van der Waals surface area contributed by atoms with E-state index >= 15 is 0 Å². The van der Waals surface area contributed by atoms with Crippen LogP contribution in [-0.2, 0) is 4.79 Å². The Morgan fingerprint density at radius 1 is 1.18 bits per heavy atom. The van der Waals surface area contributed by atoms with Gasteiger partial charge in [0.05, 0.1) is 17.5 Å². The lowest BCUT2D eigenvalue weighted by molar-refractivity contribution is -0.119. The van der Waals surface area contributed by atoms with Gasteiger partial charge < -0.3 is 11.2 Å². The SMILES string of the molecule is Cc1cc(C)n(-c2nnc(SCC(=O)N[C@@H](C)c3ccc(C)c(C)c3)n2N)n1. The Morgan fingerprint density at radius 2 is 1.93 bits per heavy atom. The summed E-state index contributed by atoms with van der Waals surface area (Å²) in [6, 6.07) is 8.07. The van der Waals surface area contributed by atoms with Crippen LogP contribution in [-0.4, -0.2) is 36.3 Å². The summed E-state index contributed by atoms with van der Waals surface area (Å²) in [6.07, 6.45) is 0. The second-order valence-electron chi connectivity index (χ2n) is 6.91. The van der Waals surface area contributed by atoms with Crippen molar-refractivity contribution in [2.75, 3.05) is 11.6 Å². The largest absolute Gasteiger partial charge is 0.349 e. The van der Waals surface area contributed by atoms with E-state index in [1.807, 2.05) is 32.9 Å². The minimum Gasteiger partial charge on any atom is -0.349 e. The Hall–Kier alpha value is -2.81. The van der Waals surface area contributed by atoms with Crippen molar-refractivity contribution in [2.24, 2.45) is 0 Å². The molecule has 0 bridgehead atoms. The summed E-state index contributed by atoms with van der Waals surface area (Å²) in [5.41, 5.74) is 5.30. The Balaban J connectivity index is 1.62. The summed E-state index contributed by atoms with van der Waals surface area (Å²) in [5, 5.41) is 16.0. The fourth-order valence-corrected chi connectivity index (χ4v) is 3.54. The topological polar surface area (TPSA) is 104 Å². The molecule has 2 heterocycles. The molecule has 0 saturated heterocycles. The number of aryl methyl sites for hydroxylation is 4. The summed E-state index contributed by atoms with van der Waals surface area (Å²) >= 11 is 1.24. The highest BCUT2D eigenvalue weighted by atomic mass is 32.2. The van der Waals surface area contributed by atoms with E-state index in [-0.39, 0.29) is 17.7 Å². The van der Waals surface area contributed by atoms with Crippen LogP contribution in [0.2, 0.25) is 0 Å². The van der Waals surface area contributed by atoms with Crippen LogP contribution in [0.1, 0.15) is 41.0 Å². The lowest BCUT2D eigenvalue weighted by Gasteiger charge is -2.15. The number of benzene rings is 1. The highest BCUT2D eigenvalue weighted by molar-refractivity contribution is 7.99. The molecule has 3 N–H and O–H groups in total. The first-order chi connectivity index (χ1) is 13.3. The molecule has 2 aromatic heterocycles. The summed E-state index contributed by atoms with van der Waals surface area (Å²) in [5.74, 6) is 6.62. The van der Waals surface area contributed by atoms with E-state index in [9.17, 15) is 4.79 Å². The summed E-state index contributed by atoms with van der Waals surface area (Å²) in [4.78, 5) is 12.3. The number of nitrogens with two attached hydrogens (primary N) is 1. The molecule has 1 atom stereocenters. The predicted molar refractivity (Wildman–Crippen MR) is 110 cm³/mol. The van der Waals surface area contributed by atoms with Crippen LogP contribution in [0.4, 0.5) is 0 Å². The fourth-order valence-electron chi connectivity index (χ4n) is 2.87. The zero-order valence-corrected chi connectivity index (χ0v) is 17.5. The average molecular weight is 400 g/mol. The van der Waals surface area contributed by atoms with Gasteiger partial charge in [0.1, 0.15) is 0 Å². The maximum absolute atomic E-state index is 12.3. The number of carbonyl (C=O) groups is 1. The molecular formula is C19H25N7OS. The van der Waals surface area contributed by atoms with Crippen LogP contribution in [0.25, 0.3) is 5.95 Å². The molecule has 1 aromatic carbocycles. The molecule has 8 nitrogen and oxygen atoms in total. The third-order valence-electron chi connectivity index (χ3n) is 4.59. The van der Waals surface area contributed by atoms with Gasteiger partial charge in [0, 0.05) is 5.69 Å². The van der Waals surface area contributed by atoms with E-state index in [1.165, 1.54) is 27.6 Å². The molecule has 0 unspecified atom stereocenters. The molecule has 0 spiro atoms.